The van der Waals surface area contributed by atoms with Gasteiger partial charge in [-0.3, -0.25) is 19.9 Å². The monoisotopic (exact) mass is 856 g/mol. The van der Waals surface area contributed by atoms with Crippen molar-refractivity contribution < 1.29 is 52.5 Å². The number of amidine groups is 1. The Labute approximate surface area is 353 Å². The number of carbonyl (C=O) groups is 5. The SMILES string of the molecule is CCCCOc1cnc(-c2nccc(C(=O)OC[C@H]3NC(=O)[C@H]3NC(=O)/C(=N\OC(C)(C)C(=O)OC(C)(C)C)C3CSC(NC(=O)OC(C)(C)C)=N3)n2)cc1OCCCC. The largest absolute Gasteiger partial charge is 0.490 e. The maximum Gasteiger partial charge on any atom is 0.413 e. The van der Waals surface area contributed by atoms with E-state index >= 15 is 0 Å². The molecule has 2 aromatic rings. The summed E-state index contributed by atoms with van der Waals surface area (Å²) in [6.45, 7) is 17.8. The third-order valence-corrected chi connectivity index (χ3v) is 9.16. The van der Waals surface area contributed by atoms with Crippen molar-refractivity contribution in [2.24, 2.45) is 10.1 Å². The Bertz CT molecular complexity index is 1940. The zero-order chi connectivity index (χ0) is 44.3. The summed E-state index contributed by atoms with van der Waals surface area (Å²) in [5.41, 5.74) is -3.25. The molecular formula is C40H56N8O11S. The number of nitrogens with one attached hydrogen (secondary N) is 3. The van der Waals surface area contributed by atoms with Gasteiger partial charge in [0.05, 0.1) is 25.5 Å². The van der Waals surface area contributed by atoms with Crippen LogP contribution in [0.1, 0.15) is 105 Å². The van der Waals surface area contributed by atoms with Crippen molar-refractivity contribution in [1.82, 2.24) is 30.9 Å². The van der Waals surface area contributed by atoms with E-state index in [1.165, 1.54) is 32.3 Å². The summed E-state index contributed by atoms with van der Waals surface area (Å²) in [6.07, 6.45) is 5.81. The molecule has 3 atom stereocenters. The summed E-state index contributed by atoms with van der Waals surface area (Å²) in [6, 6.07) is 0.0785. The first-order chi connectivity index (χ1) is 28.2. The van der Waals surface area contributed by atoms with E-state index < -0.39 is 64.8 Å². The van der Waals surface area contributed by atoms with E-state index in [0.29, 0.717) is 30.4 Å². The highest BCUT2D eigenvalue weighted by molar-refractivity contribution is 8.14. The summed E-state index contributed by atoms with van der Waals surface area (Å²) in [4.78, 5) is 88.1. The molecule has 2 aromatic heterocycles. The second-order valence-corrected chi connectivity index (χ2v) is 17.3. The molecule has 2 aliphatic rings. The number of ether oxygens (including phenoxy) is 5. The van der Waals surface area contributed by atoms with Crippen LogP contribution in [0.3, 0.4) is 0 Å². The van der Waals surface area contributed by atoms with E-state index in [-0.39, 0.29) is 34.8 Å². The lowest BCUT2D eigenvalue weighted by Crippen LogP contribution is -2.71. The number of aliphatic imine (C=N–C) groups is 1. The first-order valence-corrected chi connectivity index (χ1v) is 20.8. The predicted octanol–water partition coefficient (Wildman–Crippen LogP) is 4.53. The molecule has 0 saturated carbocycles. The highest BCUT2D eigenvalue weighted by atomic mass is 32.2. The molecule has 20 heteroatoms. The van der Waals surface area contributed by atoms with E-state index in [0.717, 1.165) is 37.4 Å². The number of amides is 3. The van der Waals surface area contributed by atoms with Crippen LogP contribution in [0, 0.1) is 0 Å². The highest BCUT2D eigenvalue weighted by Gasteiger charge is 2.44. The summed E-state index contributed by atoms with van der Waals surface area (Å²) in [5.74, 6) is -1.69. The van der Waals surface area contributed by atoms with Gasteiger partial charge in [-0.1, -0.05) is 43.6 Å². The second kappa shape index (κ2) is 20.6. The van der Waals surface area contributed by atoms with Crippen molar-refractivity contribution in [1.29, 1.82) is 0 Å². The number of pyridine rings is 1. The summed E-state index contributed by atoms with van der Waals surface area (Å²) in [7, 11) is 0. The molecule has 60 heavy (non-hydrogen) atoms. The fourth-order valence-electron chi connectivity index (χ4n) is 5.05. The predicted molar refractivity (Wildman–Crippen MR) is 222 cm³/mol. The highest BCUT2D eigenvalue weighted by Crippen LogP contribution is 2.30. The van der Waals surface area contributed by atoms with Gasteiger partial charge in [-0.15, -0.1) is 0 Å². The molecular weight excluding hydrogens is 801 g/mol. The molecule has 4 rings (SSSR count). The van der Waals surface area contributed by atoms with E-state index in [4.69, 9.17) is 28.5 Å². The second-order valence-electron chi connectivity index (χ2n) is 16.3. The Morgan fingerprint density at radius 3 is 2.23 bits per heavy atom. The van der Waals surface area contributed by atoms with Crippen LogP contribution in [-0.4, -0.2) is 116 Å². The molecule has 328 valence electrons. The number of unbranched alkanes of at least 4 members (excludes halogenated alkanes) is 2. The van der Waals surface area contributed by atoms with Gasteiger partial charge in [-0.2, -0.15) is 0 Å². The number of rotatable bonds is 18. The van der Waals surface area contributed by atoms with Crippen molar-refractivity contribution in [3.63, 3.8) is 0 Å². The average Bonchev–Trinajstić information content (AvgIpc) is 3.62. The molecule has 1 saturated heterocycles. The molecule has 1 fully saturated rings. The zero-order valence-electron chi connectivity index (χ0n) is 35.8. The summed E-state index contributed by atoms with van der Waals surface area (Å²) in [5, 5.41) is 12.0. The molecule has 0 aromatic carbocycles. The number of carbonyl (C=O) groups excluding carboxylic acids is 5. The van der Waals surface area contributed by atoms with Crippen molar-refractivity contribution in [3.05, 3.63) is 30.2 Å². The van der Waals surface area contributed by atoms with Crippen molar-refractivity contribution in [2.45, 2.75) is 130 Å². The maximum absolute atomic E-state index is 13.8. The van der Waals surface area contributed by atoms with Crippen LogP contribution in [0.25, 0.3) is 11.5 Å². The van der Waals surface area contributed by atoms with Gasteiger partial charge in [0, 0.05) is 18.0 Å². The molecule has 3 N–H and O–H groups in total. The molecule has 0 radical (unpaired) electrons. The number of aromatic nitrogens is 3. The van der Waals surface area contributed by atoms with Gasteiger partial charge in [0.1, 0.15) is 35.6 Å². The van der Waals surface area contributed by atoms with E-state index in [9.17, 15) is 24.0 Å². The Morgan fingerprint density at radius 2 is 1.60 bits per heavy atom. The Balaban J connectivity index is 1.46. The van der Waals surface area contributed by atoms with Gasteiger partial charge in [0.25, 0.3) is 5.91 Å². The lowest BCUT2D eigenvalue weighted by molar-refractivity contribution is -0.179. The van der Waals surface area contributed by atoms with Crippen LogP contribution in [0.5, 0.6) is 11.5 Å². The minimum Gasteiger partial charge on any atom is -0.490 e. The van der Waals surface area contributed by atoms with Gasteiger partial charge in [-0.25, -0.2) is 29.3 Å². The summed E-state index contributed by atoms with van der Waals surface area (Å²) < 4.78 is 28.1. The van der Waals surface area contributed by atoms with E-state index in [2.05, 4.69) is 54.9 Å². The van der Waals surface area contributed by atoms with Crippen LogP contribution in [-0.2, 0) is 33.4 Å². The number of thioether (sulfide) groups is 1. The van der Waals surface area contributed by atoms with Gasteiger partial charge in [0.2, 0.25) is 11.5 Å². The zero-order valence-corrected chi connectivity index (χ0v) is 36.6. The number of esters is 2. The van der Waals surface area contributed by atoms with Crippen LogP contribution in [0.2, 0.25) is 0 Å². The number of hydrogen-bond donors (Lipinski definition) is 3. The number of nitrogens with zero attached hydrogens (tertiary/aromatic N) is 5. The fourth-order valence-corrected chi connectivity index (χ4v) is 5.95. The first-order valence-electron chi connectivity index (χ1n) is 19.8. The van der Waals surface area contributed by atoms with Crippen molar-refractivity contribution >= 4 is 52.5 Å². The Morgan fingerprint density at radius 1 is 0.933 bits per heavy atom. The van der Waals surface area contributed by atoms with Crippen LogP contribution >= 0.6 is 11.8 Å². The third kappa shape index (κ3) is 14.0. The number of alkyl carbamates (subject to hydrolysis) is 1. The number of β-lactam (4-membered cyclic amide) rings is 1. The Kier molecular flexibility index (Phi) is 16.2. The fraction of sp³-hybridized carbons (Fsp3) is 0.600. The standard InChI is InChI=1S/C40H56N8O11S/c1-11-13-17-54-27-19-24(42-20-28(27)55-18-14-12-2)31-41-16-15-23(43-31)34(51)56-21-25-29(32(49)44-25)46-33(50)30(48-59-40(9,10)35(52)57-38(3,4)5)26-22-60-36(45-26)47-37(53)58-39(6,7)8/h15-16,19-20,25-26,29H,11-14,17-18,21-22H2,1-10H3,(H,44,49)(H,46,50)(H,45,47,53)/b48-30-/t25-,26?,29+/m1/s1. The quantitative estimate of drug-likeness (QED) is 0.0466. The minimum atomic E-state index is -1.63. The normalized spacial score (nSPS) is 18.0. The number of oxime groups is 1. The molecule has 0 aliphatic carbocycles. The summed E-state index contributed by atoms with van der Waals surface area (Å²) >= 11 is 1.12. The van der Waals surface area contributed by atoms with Crippen molar-refractivity contribution in [2.75, 3.05) is 25.6 Å². The molecule has 0 spiro atoms. The molecule has 1 unspecified atom stereocenters. The van der Waals surface area contributed by atoms with Gasteiger partial charge < -0.3 is 39.2 Å². The van der Waals surface area contributed by atoms with Gasteiger partial charge in [-0.05, 0) is 74.3 Å². The maximum atomic E-state index is 13.8. The van der Waals surface area contributed by atoms with E-state index in [1.807, 2.05) is 0 Å². The third-order valence-electron chi connectivity index (χ3n) is 8.20. The topological polar surface area (TPSA) is 240 Å². The molecule has 3 amide bonds. The smallest absolute Gasteiger partial charge is 0.413 e. The van der Waals surface area contributed by atoms with Crippen LogP contribution in [0.15, 0.2) is 34.7 Å². The first kappa shape index (κ1) is 47.2. The minimum absolute atomic E-state index is 0.0729. The van der Waals surface area contributed by atoms with E-state index in [1.54, 1.807) is 47.6 Å². The molecule has 0 bridgehead atoms. The lowest BCUT2D eigenvalue weighted by Gasteiger charge is -2.36. The van der Waals surface area contributed by atoms with Crippen LogP contribution in [0.4, 0.5) is 4.79 Å². The van der Waals surface area contributed by atoms with Crippen molar-refractivity contribution in [3.8, 4) is 23.0 Å². The average molecular weight is 857 g/mol. The molecule has 2 aliphatic heterocycles. The molecule has 4 heterocycles. The lowest BCUT2D eigenvalue weighted by atomic mass is 9.99. The molecule has 19 nitrogen and oxygen atoms in total. The number of hydrogen-bond acceptors (Lipinski definition) is 17. The van der Waals surface area contributed by atoms with Crippen LogP contribution < -0.4 is 25.4 Å². The van der Waals surface area contributed by atoms with Gasteiger partial charge >= 0.3 is 18.0 Å². The van der Waals surface area contributed by atoms with Gasteiger partial charge in [0.15, 0.2) is 33.9 Å². The Hall–Kier alpha value is -5.53.